The van der Waals surface area contributed by atoms with Crippen LogP contribution in [0.25, 0.3) is 11.3 Å². The predicted octanol–water partition coefficient (Wildman–Crippen LogP) is 4.92. The number of carbonyl (C=O) groups is 1. The van der Waals surface area contributed by atoms with Crippen LogP contribution >= 0.6 is 0 Å². The molecule has 0 unspecified atom stereocenters. The van der Waals surface area contributed by atoms with E-state index in [1.807, 2.05) is 72.8 Å². The van der Waals surface area contributed by atoms with Crippen LogP contribution in [0.4, 0.5) is 0 Å². The van der Waals surface area contributed by atoms with Gasteiger partial charge in [0.2, 0.25) is 5.91 Å². The lowest BCUT2D eigenvalue weighted by atomic mass is 10.0. The molecule has 2 aromatic carbocycles. The predicted molar refractivity (Wildman–Crippen MR) is 115 cm³/mol. The first-order valence-corrected chi connectivity index (χ1v) is 9.78. The summed E-state index contributed by atoms with van der Waals surface area (Å²) in [5.74, 6) is 0.000340. The Morgan fingerprint density at radius 3 is 2.31 bits per heavy atom. The molecule has 1 amide bonds. The molecule has 0 saturated heterocycles. The Bertz CT molecular complexity index is 1000. The third kappa shape index (κ3) is 4.79. The first kappa shape index (κ1) is 18.7. The summed E-state index contributed by atoms with van der Waals surface area (Å²) >= 11 is 0. The molecule has 0 aliphatic carbocycles. The normalized spacial score (nSPS) is 11.7. The average Bonchev–Trinajstić information content (AvgIpc) is 3.27. The van der Waals surface area contributed by atoms with E-state index >= 15 is 0 Å². The van der Waals surface area contributed by atoms with Gasteiger partial charge in [-0.15, -0.1) is 0 Å². The van der Waals surface area contributed by atoms with Gasteiger partial charge in [-0.2, -0.15) is 0 Å². The molecule has 0 radical (unpaired) electrons. The highest BCUT2D eigenvalue weighted by Crippen LogP contribution is 2.21. The zero-order valence-corrected chi connectivity index (χ0v) is 16.1. The molecular weight excluding hydrogens is 358 g/mol. The van der Waals surface area contributed by atoms with Crippen molar-refractivity contribution >= 4 is 5.91 Å². The maximum Gasteiger partial charge on any atom is 0.221 e. The molecule has 29 heavy (non-hydrogen) atoms. The Balaban J connectivity index is 1.42. The van der Waals surface area contributed by atoms with Gasteiger partial charge in [-0.25, -0.2) is 0 Å². The lowest BCUT2D eigenvalue weighted by Gasteiger charge is -2.19. The summed E-state index contributed by atoms with van der Waals surface area (Å²) in [6, 6.07) is 29.7. The lowest BCUT2D eigenvalue weighted by Crippen LogP contribution is -2.30. The van der Waals surface area contributed by atoms with Crippen LogP contribution in [0.2, 0.25) is 0 Å². The van der Waals surface area contributed by atoms with Crippen LogP contribution in [0.15, 0.2) is 97.2 Å². The van der Waals surface area contributed by atoms with E-state index in [9.17, 15) is 4.79 Å². The first-order chi connectivity index (χ1) is 14.3. The monoisotopic (exact) mass is 381 g/mol. The number of nitrogens with zero attached hydrogens (tertiary/aromatic N) is 1. The molecule has 1 atom stereocenters. The van der Waals surface area contributed by atoms with Crippen molar-refractivity contribution in [3.8, 4) is 11.3 Å². The van der Waals surface area contributed by atoms with Gasteiger partial charge in [-0.3, -0.25) is 9.78 Å². The minimum Gasteiger partial charge on any atom is -0.358 e. The number of hydrogen-bond donors (Lipinski definition) is 2. The fourth-order valence-electron chi connectivity index (χ4n) is 3.37. The maximum atomic E-state index is 12.7. The van der Waals surface area contributed by atoms with Crippen molar-refractivity contribution in [1.29, 1.82) is 0 Å². The third-order valence-electron chi connectivity index (χ3n) is 4.87. The van der Waals surface area contributed by atoms with E-state index in [0.717, 1.165) is 28.2 Å². The fraction of sp³-hybridized carbons (Fsp3) is 0.120. The lowest BCUT2D eigenvalue weighted by molar-refractivity contribution is -0.121. The highest BCUT2D eigenvalue weighted by molar-refractivity contribution is 5.77. The summed E-state index contributed by atoms with van der Waals surface area (Å²) in [5.41, 5.74) is 5.11. The van der Waals surface area contributed by atoms with Gasteiger partial charge in [0.25, 0.3) is 0 Å². The SMILES string of the molecule is O=C(CCc1ccc(-c2ccccc2)[nH]1)N[C@H](c1ccccc1)c1ccccn1. The summed E-state index contributed by atoms with van der Waals surface area (Å²) in [6.45, 7) is 0. The minimum atomic E-state index is -0.256. The molecule has 144 valence electrons. The van der Waals surface area contributed by atoms with E-state index in [1.54, 1.807) is 6.20 Å². The zero-order chi connectivity index (χ0) is 19.9. The number of hydrogen-bond acceptors (Lipinski definition) is 2. The van der Waals surface area contributed by atoms with E-state index in [-0.39, 0.29) is 11.9 Å². The van der Waals surface area contributed by atoms with Crippen molar-refractivity contribution in [2.45, 2.75) is 18.9 Å². The summed E-state index contributed by atoms with van der Waals surface area (Å²) < 4.78 is 0. The fourth-order valence-corrected chi connectivity index (χ4v) is 3.37. The van der Waals surface area contributed by atoms with Crippen molar-refractivity contribution in [3.05, 3.63) is 114 Å². The van der Waals surface area contributed by atoms with Gasteiger partial charge < -0.3 is 10.3 Å². The Morgan fingerprint density at radius 2 is 1.59 bits per heavy atom. The first-order valence-electron chi connectivity index (χ1n) is 9.78. The van der Waals surface area contributed by atoms with Crippen molar-refractivity contribution < 1.29 is 4.79 Å². The molecule has 4 nitrogen and oxygen atoms in total. The Labute approximate surface area is 170 Å². The molecule has 4 rings (SSSR count). The summed E-state index contributed by atoms with van der Waals surface area (Å²) in [7, 11) is 0. The van der Waals surface area contributed by atoms with Crippen LogP contribution in [0.3, 0.4) is 0 Å². The number of amides is 1. The molecule has 2 heterocycles. The minimum absolute atomic E-state index is 0.000340. The number of aryl methyl sites for hydroxylation is 1. The second kappa shape index (κ2) is 9.02. The zero-order valence-electron chi connectivity index (χ0n) is 16.1. The Hall–Kier alpha value is -3.66. The molecule has 4 aromatic rings. The molecule has 2 aromatic heterocycles. The number of H-pyrrole nitrogens is 1. The van der Waals surface area contributed by atoms with Crippen LogP contribution in [0.1, 0.15) is 29.4 Å². The molecular formula is C25H23N3O. The van der Waals surface area contributed by atoms with Crippen LogP contribution in [-0.2, 0) is 11.2 Å². The number of pyridine rings is 1. The van der Waals surface area contributed by atoms with Crippen molar-refractivity contribution in [2.24, 2.45) is 0 Å². The molecule has 0 bridgehead atoms. The van der Waals surface area contributed by atoms with Gasteiger partial charge in [0.05, 0.1) is 11.7 Å². The number of carbonyl (C=O) groups excluding carboxylic acids is 1. The van der Waals surface area contributed by atoms with Crippen molar-refractivity contribution in [3.63, 3.8) is 0 Å². The summed E-state index contributed by atoms with van der Waals surface area (Å²) in [4.78, 5) is 20.5. The van der Waals surface area contributed by atoms with Gasteiger partial charge in [0.15, 0.2) is 0 Å². The van der Waals surface area contributed by atoms with Gasteiger partial charge in [0.1, 0.15) is 0 Å². The van der Waals surface area contributed by atoms with Gasteiger partial charge in [0, 0.05) is 24.0 Å². The maximum absolute atomic E-state index is 12.7. The smallest absolute Gasteiger partial charge is 0.221 e. The average molecular weight is 381 g/mol. The van der Waals surface area contributed by atoms with Crippen LogP contribution < -0.4 is 5.32 Å². The van der Waals surface area contributed by atoms with Crippen molar-refractivity contribution in [1.82, 2.24) is 15.3 Å². The van der Waals surface area contributed by atoms with Crippen LogP contribution in [-0.4, -0.2) is 15.9 Å². The number of rotatable bonds is 7. The van der Waals surface area contributed by atoms with Gasteiger partial charge in [-0.1, -0.05) is 66.7 Å². The number of aromatic amines is 1. The molecule has 0 aliphatic rings. The molecule has 0 spiro atoms. The Morgan fingerprint density at radius 1 is 0.862 bits per heavy atom. The van der Waals surface area contributed by atoms with Crippen LogP contribution in [0.5, 0.6) is 0 Å². The number of aromatic nitrogens is 2. The second-order valence-corrected chi connectivity index (χ2v) is 6.93. The highest BCUT2D eigenvalue weighted by Gasteiger charge is 2.17. The molecule has 0 fully saturated rings. The van der Waals surface area contributed by atoms with Crippen LogP contribution in [0, 0.1) is 0 Å². The van der Waals surface area contributed by atoms with E-state index < -0.39 is 0 Å². The number of benzene rings is 2. The van der Waals surface area contributed by atoms with Crippen molar-refractivity contribution in [2.75, 3.05) is 0 Å². The highest BCUT2D eigenvalue weighted by atomic mass is 16.1. The molecule has 4 heteroatoms. The van der Waals surface area contributed by atoms with E-state index in [2.05, 4.69) is 33.5 Å². The largest absolute Gasteiger partial charge is 0.358 e. The topological polar surface area (TPSA) is 57.8 Å². The molecule has 2 N–H and O–H groups in total. The van der Waals surface area contributed by atoms with E-state index in [1.165, 1.54) is 0 Å². The second-order valence-electron chi connectivity index (χ2n) is 6.93. The summed E-state index contributed by atoms with van der Waals surface area (Å²) in [6.07, 6.45) is 2.81. The number of nitrogens with one attached hydrogen (secondary N) is 2. The van der Waals surface area contributed by atoms with Gasteiger partial charge >= 0.3 is 0 Å². The Kier molecular flexibility index (Phi) is 5.81. The summed E-state index contributed by atoms with van der Waals surface area (Å²) in [5, 5.41) is 3.14. The van der Waals surface area contributed by atoms with E-state index in [0.29, 0.717) is 12.8 Å². The third-order valence-corrected chi connectivity index (χ3v) is 4.87. The van der Waals surface area contributed by atoms with E-state index in [4.69, 9.17) is 0 Å². The molecule has 0 saturated carbocycles. The molecule has 0 aliphatic heterocycles. The van der Waals surface area contributed by atoms with Gasteiger partial charge in [-0.05, 0) is 41.8 Å². The quantitative estimate of drug-likeness (QED) is 0.478. The standard InChI is InChI=1S/C25H23N3O/c29-24(17-15-21-14-16-22(27-21)19-9-3-1-4-10-19)28-25(20-11-5-2-6-12-20)23-13-7-8-18-26-23/h1-14,16,18,25,27H,15,17H2,(H,28,29)/t25-/m1/s1.